The fraction of sp³-hybridized carbons (Fsp3) is 0.667. The van der Waals surface area contributed by atoms with Crippen molar-refractivity contribution in [3.05, 3.63) is 17.1 Å². The molecule has 3 rings (SSSR count). The van der Waals surface area contributed by atoms with E-state index in [-0.39, 0.29) is 0 Å². The van der Waals surface area contributed by atoms with Crippen molar-refractivity contribution in [3.63, 3.8) is 0 Å². The van der Waals surface area contributed by atoms with Gasteiger partial charge in [-0.1, -0.05) is 0 Å². The second-order valence-corrected chi connectivity index (χ2v) is 7.76. The van der Waals surface area contributed by atoms with Crippen molar-refractivity contribution in [3.8, 4) is 0 Å². The van der Waals surface area contributed by atoms with Gasteiger partial charge in [-0.15, -0.1) is 11.8 Å². The number of rotatable bonds is 3. The van der Waals surface area contributed by atoms with Gasteiger partial charge in [-0.05, 0) is 6.92 Å². The molecule has 6 heteroatoms. The highest BCUT2D eigenvalue weighted by atomic mass is 32.2. The zero-order valence-corrected chi connectivity index (χ0v) is 12.9. The van der Waals surface area contributed by atoms with Gasteiger partial charge >= 0.3 is 0 Å². The van der Waals surface area contributed by atoms with Crippen LogP contribution in [0.15, 0.2) is 0 Å². The van der Waals surface area contributed by atoms with Crippen molar-refractivity contribution in [1.82, 2.24) is 9.97 Å². The zero-order chi connectivity index (χ0) is 12.4. The third-order valence-electron chi connectivity index (χ3n) is 3.04. The molecule has 0 aliphatic carbocycles. The Morgan fingerprint density at radius 2 is 2.17 bits per heavy atom. The topological polar surface area (TPSA) is 37.8 Å². The van der Waals surface area contributed by atoms with Crippen LogP contribution in [0.1, 0.15) is 29.3 Å². The molecular formula is C12H17N3S3. The van der Waals surface area contributed by atoms with Crippen molar-refractivity contribution < 1.29 is 0 Å². The lowest BCUT2D eigenvalue weighted by Crippen LogP contribution is -2.14. The van der Waals surface area contributed by atoms with Crippen LogP contribution in [0.25, 0.3) is 0 Å². The van der Waals surface area contributed by atoms with E-state index >= 15 is 0 Å². The van der Waals surface area contributed by atoms with Gasteiger partial charge in [0.1, 0.15) is 11.6 Å². The first-order valence-electron chi connectivity index (χ1n) is 6.29. The molecule has 1 aromatic rings. The molecule has 0 radical (unpaired) electrons. The van der Waals surface area contributed by atoms with Crippen molar-refractivity contribution >= 4 is 41.1 Å². The van der Waals surface area contributed by atoms with Gasteiger partial charge in [0.2, 0.25) is 0 Å². The summed E-state index contributed by atoms with van der Waals surface area (Å²) in [4.78, 5) is 9.60. The van der Waals surface area contributed by atoms with Crippen LogP contribution >= 0.6 is 35.3 Å². The minimum absolute atomic E-state index is 0.483. The van der Waals surface area contributed by atoms with Gasteiger partial charge < -0.3 is 5.32 Å². The first kappa shape index (κ1) is 12.9. The monoisotopic (exact) mass is 299 g/mol. The molecule has 0 saturated carbocycles. The average Bonchev–Trinajstić information content (AvgIpc) is 2.88. The lowest BCUT2D eigenvalue weighted by molar-refractivity contribution is 0.891. The fourth-order valence-electron chi connectivity index (χ4n) is 2.16. The van der Waals surface area contributed by atoms with E-state index in [1.165, 1.54) is 22.8 Å². The summed E-state index contributed by atoms with van der Waals surface area (Å²) in [6, 6.07) is 0. The molecule has 1 N–H and O–H groups in total. The van der Waals surface area contributed by atoms with Crippen molar-refractivity contribution in [2.24, 2.45) is 0 Å². The van der Waals surface area contributed by atoms with Gasteiger partial charge in [0.15, 0.2) is 0 Å². The van der Waals surface area contributed by atoms with Crippen LogP contribution in [0.4, 0.5) is 5.82 Å². The summed E-state index contributed by atoms with van der Waals surface area (Å²) in [6.45, 7) is 3.06. The highest BCUT2D eigenvalue weighted by Gasteiger charge is 2.24. The average molecular weight is 299 g/mol. The van der Waals surface area contributed by atoms with Gasteiger partial charge in [-0.2, -0.15) is 23.5 Å². The number of aromatic nitrogens is 2. The molecular weight excluding hydrogens is 282 g/mol. The Morgan fingerprint density at radius 3 is 2.94 bits per heavy atom. The maximum atomic E-state index is 4.81. The minimum atomic E-state index is 0.483. The molecule has 98 valence electrons. The second-order valence-electron chi connectivity index (χ2n) is 4.31. The zero-order valence-electron chi connectivity index (χ0n) is 10.4. The van der Waals surface area contributed by atoms with Gasteiger partial charge in [0.25, 0.3) is 0 Å². The second kappa shape index (κ2) is 5.92. The Kier molecular flexibility index (Phi) is 4.26. The number of fused-ring (bicyclic) bond motifs is 1. The van der Waals surface area contributed by atoms with Gasteiger partial charge in [-0.3, -0.25) is 0 Å². The molecule has 2 aliphatic rings. The molecule has 1 atom stereocenters. The van der Waals surface area contributed by atoms with Crippen molar-refractivity contribution in [2.75, 3.05) is 29.1 Å². The highest BCUT2D eigenvalue weighted by molar-refractivity contribution is 8.06. The van der Waals surface area contributed by atoms with E-state index in [9.17, 15) is 0 Å². The molecule has 3 heterocycles. The molecule has 1 aromatic heterocycles. The van der Waals surface area contributed by atoms with Crippen LogP contribution in [0.3, 0.4) is 0 Å². The molecule has 0 aromatic carbocycles. The summed E-state index contributed by atoms with van der Waals surface area (Å²) in [5.41, 5.74) is 2.59. The van der Waals surface area contributed by atoms with E-state index in [0.29, 0.717) is 5.25 Å². The Bertz CT molecular complexity index is 433. The summed E-state index contributed by atoms with van der Waals surface area (Å²) >= 11 is 5.98. The number of hydrogen-bond acceptors (Lipinski definition) is 6. The molecule has 1 unspecified atom stereocenters. The van der Waals surface area contributed by atoms with Crippen molar-refractivity contribution in [2.45, 2.75) is 23.7 Å². The Morgan fingerprint density at radius 1 is 1.22 bits per heavy atom. The standard InChI is InChI=1S/C12H17N3S3/c1-2-13-11-8-5-17-6-9(8)14-12(15-11)10-7-16-3-4-18-10/h10H,2-7H2,1H3,(H,13,14,15). The first-order valence-corrected chi connectivity index (χ1v) is 9.65. The molecule has 18 heavy (non-hydrogen) atoms. The number of nitrogens with zero attached hydrogens (tertiary/aromatic N) is 2. The third kappa shape index (κ3) is 2.60. The highest BCUT2D eigenvalue weighted by Crippen LogP contribution is 2.38. The number of nitrogens with one attached hydrogen (secondary N) is 1. The minimum Gasteiger partial charge on any atom is -0.370 e. The molecule has 1 fully saturated rings. The number of thioether (sulfide) groups is 3. The predicted molar refractivity (Wildman–Crippen MR) is 83.7 cm³/mol. The van der Waals surface area contributed by atoms with E-state index in [4.69, 9.17) is 9.97 Å². The van der Waals surface area contributed by atoms with E-state index in [1.54, 1.807) is 0 Å². The van der Waals surface area contributed by atoms with E-state index in [2.05, 4.69) is 12.2 Å². The number of anilines is 1. The molecule has 3 nitrogen and oxygen atoms in total. The maximum absolute atomic E-state index is 4.81. The van der Waals surface area contributed by atoms with Crippen LogP contribution in [-0.2, 0) is 11.5 Å². The van der Waals surface area contributed by atoms with Crippen molar-refractivity contribution in [1.29, 1.82) is 0 Å². The first-order chi connectivity index (χ1) is 8.88. The quantitative estimate of drug-likeness (QED) is 0.924. The Hall–Kier alpha value is -0.0700. The summed E-state index contributed by atoms with van der Waals surface area (Å²) in [5, 5.41) is 3.89. The smallest absolute Gasteiger partial charge is 0.144 e. The van der Waals surface area contributed by atoms with Gasteiger partial charge in [-0.25, -0.2) is 9.97 Å². The third-order valence-corrected chi connectivity index (χ3v) is 6.76. The van der Waals surface area contributed by atoms with Crippen LogP contribution < -0.4 is 5.32 Å². The lowest BCUT2D eigenvalue weighted by Gasteiger charge is -2.21. The summed E-state index contributed by atoms with van der Waals surface area (Å²) in [7, 11) is 0. The summed E-state index contributed by atoms with van der Waals surface area (Å²) in [6.07, 6.45) is 0. The Balaban J connectivity index is 1.92. The largest absolute Gasteiger partial charge is 0.370 e. The lowest BCUT2D eigenvalue weighted by atomic mass is 10.2. The normalized spacial score (nSPS) is 22.8. The van der Waals surface area contributed by atoms with Crippen LogP contribution in [0.5, 0.6) is 0 Å². The molecule has 2 aliphatic heterocycles. The van der Waals surface area contributed by atoms with Crippen LogP contribution in [0.2, 0.25) is 0 Å². The SMILES string of the molecule is CCNc1nc(C2CSCCS2)nc2c1CSC2. The molecule has 1 saturated heterocycles. The van der Waals surface area contributed by atoms with Crippen LogP contribution in [0, 0.1) is 0 Å². The summed E-state index contributed by atoms with van der Waals surface area (Å²) in [5.74, 6) is 7.88. The fourth-order valence-corrected chi connectivity index (χ4v) is 5.81. The van der Waals surface area contributed by atoms with Crippen LogP contribution in [-0.4, -0.2) is 33.8 Å². The van der Waals surface area contributed by atoms with E-state index < -0.39 is 0 Å². The van der Waals surface area contributed by atoms with Gasteiger partial charge in [0.05, 0.1) is 10.9 Å². The maximum Gasteiger partial charge on any atom is 0.144 e. The molecule has 0 spiro atoms. The van der Waals surface area contributed by atoms with E-state index in [1.807, 2.05) is 35.3 Å². The number of hydrogen-bond donors (Lipinski definition) is 1. The van der Waals surface area contributed by atoms with Gasteiger partial charge in [0, 0.05) is 40.9 Å². The Labute approximate surface area is 121 Å². The predicted octanol–water partition coefficient (Wildman–Crippen LogP) is 3.18. The van der Waals surface area contributed by atoms with E-state index in [0.717, 1.165) is 35.4 Å². The molecule has 0 bridgehead atoms. The summed E-state index contributed by atoms with van der Waals surface area (Å²) < 4.78 is 0. The molecule has 0 amide bonds.